The highest BCUT2D eigenvalue weighted by Gasteiger charge is 2.24. The van der Waals surface area contributed by atoms with Gasteiger partial charge in [0.05, 0.1) is 6.10 Å². The van der Waals surface area contributed by atoms with E-state index >= 15 is 0 Å². The zero-order chi connectivity index (χ0) is 13.4. The first-order chi connectivity index (χ1) is 8.67. The van der Waals surface area contributed by atoms with Gasteiger partial charge >= 0.3 is 0 Å². The van der Waals surface area contributed by atoms with Crippen LogP contribution < -0.4 is 5.32 Å². The van der Waals surface area contributed by atoms with Gasteiger partial charge < -0.3 is 15.0 Å². The summed E-state index contributed by atoms with van der Waals surface area (Å²) >= 11 is 0. The van der Waals surface area contributed by atoms with Gasteiger partial charge in [-0.15, -0.1) is 0 Å². The second kappa shape index (κ2) is 8.89. The van der Waals surface area contributed by atoms with Gasteiger partial charge in [-0.1, -0.05) is 6.92 Å². The van der Waals surface area contributed by atoms with Crippen molar-refractivity contribution in [1.82, 2.24) is 10.2 Å². The van der Waals surface area contributed by atoms with Crippen LogP contribution in [0.2, 0.25) is 0 Å². The lowest BCUT2D eigenvalue weighted by atomic mass is 9.91. The summed E-state index contributed by atoms with van der Waals surface area (Å²) in [4.78, 5) is 2.62. The Morgan fingerprint density at radius 2 is 2.11 bits per heavy atom. The van der Waals surface area contributed by atoms with Crippen LogP contribution >= 0.6 is 0 Å². The number of hydrogen-bond donors (Lipinski definition) is 1. The fraction of sp³-hybridized carbons (Fsp3) is 1.00. The van der Waals surface area contributed by atoms with Crippen molar-refractivity contribution in [2.24, 2.45) is 5.92 Å². The van der Waals surface area contributed by atoms with E-state index in [9.17, 15) is 0 Å². The van der Waals surface area contributed by atoms with Crippen molar-refractivity contribution >= 4 is 0 Å². The van der Waals surface area contributed by atoms with Crippen molar-refractivity contribution in [3.05, 3.63) is 0 Å². The molecule has 3 heteroatoms. The predicted octanol–water partition coefficient (Wildman–Crippen LogP) is 2.51. The second-order valence-corrected chi connectivity index (χ2v) is 5.67. The molecule has 3 nitrogen and oxygen atoms in total. The minimum Gasteiger partial charge on any atom is -0.377 e. The van der Waals surface area contributed by atoms with E-state index in [2.05, 4.69) is 37.9 Å². The van der Waals surface area contributed by atoms with E-state index in [-0.39, 0.29) is 0 Å². The molecule has 3 unspecified atom stereocenters. The van der Waals surface area contributed by atoms with Gasteiger partial charge in [-0.2, -0.15) is 0 Å². The fourth-order valence-electron chi connectivity index (χ4n) is 2.88. The summed E-state index contributed by atoms with van der Waals surface area (Å²) in [6, 6.07) is 0.604. The Morgan fingerprint density at radius 3 is 2.78 bits per heavy atom. The summed E-state index contributed by atoms with van der Waals surface area (Å²) < 4.78 is 5.57. The summed E-state index contributed by atoms with van der Waals surface area (Å²) in [5.74, 6) is 0.805. The minimum absolute atomic E-state index is 0.327. The quantitative estimate of drug-likeness (QED) is 0.722. The molecule has 18 heavy (non-hydrogen) atoms. The SMILES string of the molecule is CCCN1CCCC(C(C)NCC(C)OCC)C1. The van der Waals surface area contributed by atoms with Crippen LogP contribution in [-0.2, 0) is 4.74 Å². The Morgan fingerprint density at radius 1 is 1.33 bits per heavy atom. The molecular formula is C15H32N2O. The smallest absolute Gasteiger partial charge is 0.0671 e. The highest BCUT2D eigenvalue weighted by atomic mass is 16.5. The van der Waals surface area contributed by atoms with Gasteiger partial charge in [-0.3, -0.25) is 0 Å². The summed E-state index contributed by atoms with van der Waals surface area (Å²) in [5.41, 5.74) is 0. The number of nitrogens with zero attached hydrogens (tertiary/aromatic N) is 1. The average Bonchev–Trinajstić information content (AvgIpc) is 2.37. The highest BCUT2D eigenvalue weighted by Crippen LogP contribution is 2.19. The molecule has 108 valence electrons. The van der Waals surface area contributed by atoms with E-state index in [1.165, 1.54) is 38.9 Å². The number of nitrogens with one attached hydrogen (secondary N) is 1. The topological polar surface area (TPSA) is 24.5 Å². The van der Waals surface area contributed by atoms with Crippen molar-refractivity contribution in [2.75, 3.05) is 32.8 Å². The summed E-state index contributed by atoms with van der Waals surface area (Å²) in [6.07, 6.45) is 4.33. The van der Waals surface area contributed by atoms with Gasteiger partial charge in [0.25, 0.3) is 0 Å². The molecule has 0 aliphatic carbocycles. The van der Waals surface area contributed by atoms with Crippen molar-refractivity contribution in [3.8, 4) is 0 Å². The molecule has 0 aromatic heterocycles. The molecule has 1 aliphatic heterocycles. The number of likely N-dealkylation sites (tertiary alicyclic amines) is 1. The number of piperidine rings is 1. The van der Waals surface area contributed by atoms with E-state index in [0.717, 1.165) is 19.1 Å². The van der Waals surface area contributed by atoms with Gasteiger partial charge in [0.2, 0.25) is 0 Å². The number of ether oxygens (including phenoxy) is 1. The zero-order valence-electron chi connectivity index (χ0n) is 12.7. The van der Waals surface area contributed by atoms with Crippen molar-refractivity contribution in [1.29, 1.82) is 0 Å². The standard InChI is InChI=1S/C15H32N2O/c1-5-9-17-10-7-8-15(12-17)14(4)16-11-13(3)18-6-2/h13-16H,5-12H2,1-4H3. The number of hydrogen-bond acceptors (Lipinski definition) is 3. The van der Waals surface area contributed by atoms with Crippen LogP contribution in [0.1, 0.15) is 47.0 Å². The highest BCUT2D eigenvalue weighted by molar-refractivity contribution is 4.80. The van der Waals surface area contributed by atoms with Crippen molar-refractivity contribution < 1.29 is 4.74 Å². The molecule has 0 amide bonds. The van der Waals surface area contributed by atoms with Gasteiger partial charge in [-0.25, -0.2) is 0 Å². The second-order valence-electron chi connectivity index (χ2n) is 5.67. The third-order valence-electron chi connectivity index (χ3n) is 3.97. The monoisotopic (exact) mass is 256 g/mol. The Kier molecular flexibility index (Phi) is 7.87. The molecular weight excluding hydrogens is 224 g/mol. The molecule has 0 aromatic carbocycles. The molecule has 1 aliphatic rings. The number of rotatable bonds is 8. The Labute approximate surface area is 113 Å². The molecule has 0 saturated carbocycles. The van der Waals surface area contributed by atoms with E-state index in [1.54, 1.807) is 0 Å². The molecule has 0 radical (unpaired) electrons. The van der Waals surface area contributed by atoms with Crippen LogP contribution in [0, 0.1) is 5.92 Å². The van der Waals surface area contributed by atoms with Crippen LogP contribution in [0.15, 0.2) is 0 Å². The molecule has 3 atom stereocenters. The lowest BCUT2D eigenvalue weighted by molar-refractivity contribution is 0.0693. The van der Waals surface area contributed by atoms with Crippen LogP contribution in [-0.4, -0.2) is 49.8 Å². The predicted molar refractivity (Wildman–Crippen MR) is 78.0 cm³/mol. The molecule has 0 bridgehead atoms. The fourth-order valence-corrected chi connectivity index (χ4v) is 2.88. The summed E-state index contributed by atoms with van der Waals surface area (Å²) in [5, 5.41) is 3.65. The van der Waals surface area contributed by atoms with Crippen molar-refractivity contribution in [2.45, 2.75) is 59.1 Å². The normalized spacial score (nSPS) is 25.0. The molecule has 0 spiro atoms. The molecule has 1 saturated heterocycles. The maximum atomic E-state index is 5.57. The molecule has 1 heterocycles. The van der Waals surface area contributed by atoms with Crippen LogP contribution in [0.4, 0.5) is 0 Å². The first-order valence-electron chi connectivity index (χ1n) is 7.74. The van der Waals surface area contributed by atoms with Crippen LogP contribution in [0.5, 0.6) is 0 Å². The van der Waals surface area contributed by atoms with Crippen molar-refractivity contribution in [3.63, 3.8) is 0 Å². The van der Waals surface area contributed by atoms with E-state index in [4.69, 9.17) is 4.74 Å². The maximum absolute atomic E-state index is 5.57. The third-order valence-corrected chi connectivity index (χ3v) is 3.97. The van der Waals surface area contributed by atoms with Gasteiger partial charge in [-0.05, 0) is 59.0 Å². The molecule has 1 rings (SSSR count). The minimum atomic E-state index is 0.327. The Bertz CT molecular complexity index is 209. The summed E-state index contributed by atoms with van der Waals surface area (Å²) in [7, 11) is 0. The van der Waals surface area contributed by atoms with Gasteiger partial charge in [0.1, 0.15) is 0 Å². The summed E-state index contributed by atoms with van der Waals surface area (Å²) in [6.45, 7) is 14.4. The van der Waals surface area contributed by atoms with Crippen LogP contribution in [0.3, 0.4) is 0 Å². The van der Waals surface area contributed by atoms with Crippen LogP contribution in [0.25, 0.3) is 0 Å². The molecule has 0 aromatic rings. The van der Waals surface area contributed by atoms with E-state index in [0.29, 0.717) is 12.1 Å². The average molecular weight is 256 g/mol. The zero-order valence-corrected chi connectivity index (χ0v) is 12.7. The Hall–Kier alpha value is -0.120. The first kappa shape index (κ1) is 15.9. The van der Waals surface area contributed by atoms with E-state index < -0.39 is 0 Å². The van der Waals surface area contributed by atoms with Gasteiger partial charge in [0, 0.05) is 25.7 Å². The largest absolute Gasteiger partial charge is 0.377 e. The Balaban J connectivity index is 2.25. The van der Waals surface area contributed by atoms with Gasteiger partial charge in [0.15, 0.2) is 0 Å². The molecule has 1 N–H and O–H groups in total. The maximum Gasteiger partial charge on any atom is 0.0671 e. The lowest BCUT2D eigenvalue weighted by Gasteiger charge is -2.36. The first-order valence-corrected chi connectivity index (χ1v) is 7.74. The molecule has 1 fully saturated rings. The third kappa shape index (κ3) is 5.68. The van der Waals surface area contributed by atoms with E-state index in [1.807, 2.05) is 0 Å². The lowest BCUT2D eigenvalue weighted by Crippen LogP contribution is -2.46.